The minimum atomic E-state index is 0.0879. The minimum absolute atomic E-state index is 0.0879. The van der Waals surface area contributed by atoms with Crippen LogP contribution in [0.25, 0.3) is 0 Å². The van der Waals surface area contributed by atoms with Crippen LogP contribution in [-0.2, 0) is 6.61 Å². The van der Waals surface area contributed by atoms with Crippen molar-refractivity contribution in [2.45, 2.75) is 33.3 Å². The van der Waals surface area contributed by atoms with E-state index in [4.69, 9.17) is 9.84 Å². The second-order valence-electron chi connectivity index (χ2n) is 3.85. The van der Waals surface area contributed by atoms with Crippen molar-refractivity contribution in [2.75, 3.05) is 7.11 Å². The highest BCUT2D eigenvalue weighted by molar-refractivity contribution is 5.45. The maximum absolute atomic E-state index is 9.09. The smallest absolute Gasteiger partial charge is 0.125 e. The monoisotopic (exact) mass is 194 g/mol. The third-order valence-corrected chi connectivity index (χ3v) is 2.37. The van der Waals surface area contributed by atoms with Crippen molar-refractivity contribution < 1.29 is 9.84 Å². The molecule has 0 spiro atoms. The van der Waals surface area contributed by atoms with Gasteiger partial charge < -0.3 is 9.84 Å². The molecule has 2 heteroatoms. The van der Waals surface area contributed by atoms with E-state index >= 15 is 0 Å². The van der Waals surface area contributed by atoms with Gasteiger partial charge in [0.1, 0.15) is 5.75 Å². The number of aliphatic hydroxyl groups excluding tert-OH is 1. The Balaban J connectivity index is 3.28. The Bertz CT molecular complexity index is 316. The molecule has 1 aromatic rings. The maximum Gasteiger partial charge on any atom is 0.125 e. The molecule has 0 fully saturated rings. The van der Waals surface area contributed by atoms with Crippen molar-refractivity contribution in [1.29, 1.82) is 0 Å². The van der Waals surface area contributed by atoms with Gasteiger partial charge in [-0.25, -0.2) is 0 Å². The van der Waals surface area contributed by atoms with E-state index in [9.17, 15) is 0 Å². The predicted molar refractivity (Wildman–Crippen MR) is 57.7 cm³/mol. The number of benzene rings is 1. The summed E-state index contributed by atoms with van der Waals surface area (Å²) in [5.41, 5.74) is 3.20. The molecule has 0 aliphatic rings. The van der Waals surface area contributed by atoms with Crippen molar-refractivity contribution in [2.24, 2.45) is 0 Å². The number of ether oxygens (including phenoxy) is 1. The van der Waals surface area contributed by atoms with Crippen molar-refractivity contribution in [3.63, 3.8) is 0 Å². The summed E-state index contributed by atoms with van der Waals surface area (Å²) >= 11 is 0. The zero-order valence-electron chi connectivity index (χ0n) is 9.29. The van der Waals surface area contributed by atoms with Crippen LogP contribution in [0.5, 0.6) is 5.75 Å². The summed E-state index contributed by atoms with van der Waals surface area (Å²) in [7, 11) is 1.69. The molecule has 0 heterocycles. The number of aryl methyl sites for hydroxylation is 1. The zero-order valence-corrected chi connectivity index (χ0v) is 9.29. The molecule has 2 nitrogen and oxygen atoms in total. The highest BCUT2D eigenvalue weighted by Crippen LogP contribution is 2.30. The first-order valence-corrected chi connectivity index (χ1v) is 4.88. The van der Waals surface area contributed by atoms with Gasteiger partial charge in [-0.3, -0.25) is 0 Å². The van der Waals surface area contributed by atoms with Gasteiger partial charge in [-0.15, -0.1) is 0 Å². The van der Waals surface area contributed by atoms with E-state index in [0.29, 0.717) is 5.92 Å². The van der Waals surface area contributed by atoms with E-state index in [1.165, 1.54) is 0 Å². The molecular formula is C12H18O2. The molecule has 0 unspecified atom stereocenters. The maximum atomic E-state index is 9.09. The molecule has 0 atom stereocenters. The van der Waals surface area contributed by atoms with Crippen LogP contribution in [0, 0.1) is 6.92 Å². The summed E-state index contributed by atoms with van der Waals surface area (Å²) in [5.74, 6) is 1.35. The van der Waals surface area contributed by atoms with E-state index in [-0.39, 0.29) is 6.61 Å². The fourth-order valence-corrected chi connectivity index (χ4v) is 1.68. The molecular weight excluding hydrogens is 176 g/mol. The molecule has 0 bridgehead atoms. The third-order valence-electron chi connectivity index (χ3n) is 2.37. The van der Waals surface area contributed by atoms with E-state index in [2.05, 4.69) is 13.8 Å². The van der Waals surface area contributed by atoms with Gasteiger partial charge in [0, 0.05) is 0 Å². The molecule has 0 radical (unpaired) electrons. The van der Waals surface area contributed by atoms with Crippen molar-refractivity contribution in [3.05, 3.63) is 28.8 Å². The van der Waals surface area contributed by atoms with Crippen LogP contribution in [0.2, 0.25) is 0 Å². The lowest BCUT2D eigenvalue weighted by molar-refractivity contribution is 0.281. The van der Waals surface area contributed by atoms with Gasteiger partial charge in [-0.05, 0) is 35.6 Å². The van der Waals surface area contributed by atoms with Crippen molar-refractivity contribution in [1.82, 2.24) is 0 Å². The first-order valence-electron chi connectivity index (χ1n) is 4.88. The molecule has 0 amide bonds. The predicted octanol–water partition coefficient (Wildman–Crippen LogP) is 2.62. The van der Waals surface area contributed by atoms with Gasteiger partial charge in [0.15, 0.2) is 0 Å². The first-order chi connectivity index (χ1) is 6.60. The zero-order chi connectivity index (χ0) is 10.7. The summed E-state index contributed by atoms with van der Waals surface area (Å²) < 4.78 is 5.36. The molecule has 0 aromatic heterocycles. The topological polar surface area (TPSA) is 29.5 Å². The highest BCUT2D eigenvalue weighted by atomic mass is 16.5. The van der Waals surface area contributed by atoms with Crippen LogP contribution in [0.3, 0.4) is 0 Å². The van der Waals surface area contributed by atoms with Gasteiger partial charge in [0.25, 0.3) is 0 Å². The number of methoxy groups -OCH3 is 1. The van der Waals surface area contributed by atoms with Crippen LogP contribution < -0.4 is 4.74 Å². The average Bonchev–Trinajstić information content (AvgIpc) is 2.16. The van der Waals surface area contributed by atoms with E-state index < -0.39 is 0 Å². The molecule has 1 rings (SSSR count). The first kappa shape index (κ1) is 11.1. The van der Waals surface area contributed by atoms with Crippen LogP contribution in [0.4, 0.5) is 0 Å². The third kappa shape index (κ3) is 2.07. The fourth-order valence-electron chi connectivity index (χ4n) is 1.68. The summed E-state index contributed by atoms with van der Waals surface area (Å²) in [6.45, 7) is 6.34. The largest absolute Gasteiger partial charge is 0.496 e. The molecule has 0 aliphatic heterocycles. The van der Waals surface area contributed by atoms with E-state index in [1.54, 1.807) is 7.11 Å². The Morgan fingerprint density at radius 2 is 2.00 bits per heavy atom. The van der Waals surface area contributed by atoms with Crippen LogP contribution in [0.15, 0.2) is 12.1 Å². The summed E-state index contributed by atoms with van der Waals surface area (Å²) in [6.07, 6.45) is 0. The highest BCUT2D eigenvalue weighted by Gasteiger charge is 2.11. The average molecular weight is 194 g/mol. The van der Waals surface area contributed by atoms with Crippen LogP contribution in [-0.4, -0.2) is 12.2 Å². The van der Waals surface area contributed by atoms with Crippen LogP contribution in [0.1, 0.15) is 36.5 Å². The molecule has 1 N–H and O–H groups in total. The Kier molecular flexibility index (Phi) is 3.53. The lowest BCUT2D eigenvalue weighted by atomic mass is 9.97. The molecule has 0 saturated carbocycles. The summed E-state index contributed by atoms with van der Waals surface area (Å²) in [4.78, 5) is 0. The van der Waals surface area contributed by atoms with E-state index in [1.807, 2.05) is 19.1 Å². The Morgan fingerprint density at radius 1 is 1.36 bits per heavy atom. The number of rotatable bonds is 3. The normalized spacial score (nSPS) is 10.7. The van der Waals surface area contributed by atoms with Gasteiger partial charge in [-0.2, -0.15) is 0 Å². The van der Waals surface area contributed by atoms with Crippen molar-refractivity contribution >= 4 is 0 Å². The lowest BCUT2D eigenvalue weighted by Crippen LogP contribution is -1.99. The molecule has 1 aromatic carbocycles. The van der Waals surface area contributed by atoms with Gasteiger partial charge in [0.2, 0.25) is 0 Å². The minimum Gasteiger partial charge on any atom is -0.496 e. The molecule has 78 valence electrons. The number of hydrogen-bond acceptors (Lipinski definition) is 2. The Morgan fingerprint density at radius 3 is 2.43 bits per heavy atom. The van der Waals surface area contributed by atoms with E-state index in [0.717, 1.165) is 22.4 Å². The molecule has 14 heavy (non-hydrogen) atoms. The second-order valence-corrected chi connectivity index (χ2v) is 3.85. The number of hydrogen-bond donors (Lipinski definition) is 1. The van der Waals surface area contributed by atoms with Gasteiger partial charge in [-0.1, -0.05) is 19.9 Å². The summed E-state index contributed by atoms with van der Waals surface area (Å²) in [6, 6.07) is 3.97. The molecule has 0 saturated heterocycles. The van der Waals surface area contributed by atoms with Crippen LogP contribution >= 0.6 is 0 Å². The quantitative estimate of drug-likeness (QED) is 0.801. The SMILES string of the molecule is COc1c(C)cc(CO)cc1C(C)C. The van der Waals surface area contributed by atoms with Gasteiger partial charge in [0.05, 0.1) is 13.7 Å². The Hall–Kier alpha value is -1.02. The standard InChI is InChI=1S/C12H18O2/c1-8(2)11-6-10(7-13)5-9(3)12(11)14-4/h5-6,8,13H,7H2,1-4H3. The fraction of sp³-hybridized carbons (Fsp3) is 0.500. The summed E-state index contributed by atoms with van der Waals surface area (Å²) in [5, 5.41) is 9.09. The Labute approximate surface area is 85.5 Å². The second kappa shape index (κ2) is 4.47. The van der Waals surface area contributed by atoms with Gasteiger partial charge >= 0.3 is 0 Å². The molecule has 0 aliphatic carbocycles. The lowest BCUT2D eigenvalue weighted by Gasteiger charge is -2.15. The number of aliphatic hydroxyl groups is 1. The van der Waals surface area contributed by atoms with Crippen molar-refractivity contribution in [3.8, 4) is 5.75 Å².